The molecule has 0 amide bonds. The maximum atomic E-state index is 3.80. The van der Waals surface area contributed by atoms with Crippen LogP contribution in [0.3, 0.4) is 0 Å². The normalized spacial score (nSPS) is 18.5. The molecule has 0 unspecified atom stereocenters. The van der Waals surface area contributed by atoms with E-state index < -0.39 is 0 Å². The molecular formula is C6H10ClN. The molecular weight excluding hydrogens is 122 g/mol. The topological polar surface area (TPSA) is 16.6 Å². The van der Waals surface area contributed by atoms with E-state index in [1.807, 2.05) is 0 Å². The maximum absolute atomic E-state index is 3.80. The van der Waals surface area contributed by atoms with Gasteiger partial charge in [-0.25, -0.2) is 0 Å². The molecule has 0 radical (unpaired) electrons. The standard InChI is InChI=1S/C6H9N.ClH/c1-5-3-7-4-6(5)2;/h7H,1-4H2;1H. The second kappa shape index (κ2) is 2.90. The highest BCUT2D eigenvalue weighted by atomic mass is 35.5. The van der Waals surface area contributed by atoms with Crippen LogP contribution in [0.1, 0.15) is 0 Å². The summed E-state index contributed by atoms with van der Waals surface area (Å²) in [5.74, 6) is 0. The summed E-state index contributed by atoms with van der Waals surface area (Å²) in [4.78, 5) is 0. The third-order valence-electron chi connectivity index (χ3n) is 1.28. The first-order valence-electron chi connectivity index (χ1n) is 2.48. The molecule has 1 rings (SSSR count). The molecule has 8 heavy (non-hydrogen) atoms. The predicted octanol–water partition coefficient (Wildman–Crippen LogP) is -3.32. The van der Waals surface area contributed by atoms with E-state index in [-0.39, 0.29) is 12.4 Å². The first-order valence-corrected chi connectivity index (χ1v) is 2.48. The van der Waals surface area contributed by atoms with Gasteiger partial charge in [0.2, 0.25) is 0 Å². The summed E-state index contributed by atoms with van der Waals surface area (Å²) in [5, 5.41) is 2.20. The number of rotatable bonds is 0. The van der Waals surface area contributed by atoms with Crippen molar-refractivity contribution in [1.29, 1.82) is 0 Å². The second-order valence-corrected chi connectivity index (χ2v) is 1.90. The Morgan fingerprint density at radius 3 is 1.62 bits per heavy atom. The third kappa shape index (κ3) is 1.35. The largest absolute Gasteiger partial charge is 1.00 e. The van der Waals surface area contributed by atoms with Gasteiger partial charge in [-0.15, -0.1) is 0 Å². The van der Waals surface area contributed by atoms with Gasteiger partial charge in [-0.1, -0.05) is 13.2 Å². The second-order valence-electron chi connectivity index (χ2n) is 1.90. The number of hydrogen-bond acceptors (Lipinski definition) is 0. The van der Waals surface area contributed by atoms with E-state index in [1.54, 1.807) is 0 Å². The van der Waals surface area contributed by atoms with Crippen molar-refractivity contribution in [2.75, 3.05) is 13.1 Å². The van der Waals surface area contributed by atoms with Crippen molar-refractivity contribution in [3.05, 3.63) is 24.3 Å². The van der Waals surface area contributed by atoms with Crippen LogP contribution in [0.5, 0.6) is 0 Å². The van der Waals surface area contributed by atoms with Crippen molar-refractivity contribution in [2.24, 2.45) is 0 Å². The predicted molar refractivity (Wildman–Crippen MR) is 29.9 cm³/mol. The Hall–Kier alpha value is -0.270. The van der Waals surface area contributed by atoms with Crippen molar-refractivity contribution in [3.63, 3.8) is 0 Å². The Morgan fingerprint density at radius 2 is 1.50 bits per heavy atom. The molecule has 0 aromatic carbocycles. The minimum Gasteiger partial charge on any atom is -1.00 e. The molecule has 1 fully saturated rings. The number of halogens is 1. The van der Waals surface area contributed by atoms with Crippen molar-refractivity contribution < 1.29 is 17.7 Å². The minimum atomic E-state index is 0. The van der Waals surface area contributed by atoms with E-state index in [1.165, 1.54) is 11.1 Å². The Morgan fingerprint density at radius 1 is 1.12 bits per heavy atom. The zero-order valence-corrected chi connectivity index (χ0v) is 5.54. The molecule has 0 saturated carbocycles. The zero-order chi connectivity index (χ0) is 5.28. The van der Waals surface area contributed by atoms with Crippen molar-refractivity contribution in [3.8, 4) is 0 Å². The van der Waals surface area contributed by atoms with Gasteiger partial charge < -0.3 is 17.7 Å². The molecule has 2 N–H and O–H groups in total. The molecule has 0 aliphatic carbocycles. The highest BCUT2D eigenvalue weighted by molar-refractivity contribution is 5.27. The van der Waals surface area contributed by atoms with E-state index in [0.717, 1.165) is 13.1 Å². The molecule has 1 nitrogen and oxygen atoms in total. The number of nitrogens with two attached hydrogens (primary N) is 1. The maximum Gasteiger partial charge on any atom is 0.101 e. The fraction of sp³-hybridized carbons (Fsp3) is 0.333. The number of quaternary nitrogens is 1. The fourth-order valence-electron chi connectivity index (χ4n) is 0.709. The van der Waals surface area contributed by atoms with Gasteiger partial charge in [-0.2, -0.15) is 0 Å². The Bertz CT molecular complexity index is 104. The zero-order valence-electron chi connectivity index (χ0n) is 4.78. The van der Waals surface area contributed by atoms with Gasteiger partial charge in [0.25, 0.3) is 0 Å². The van der Waals surface area contributed by atoms with Crippen LogP contribution in [-0.4, -0.2) is 13.1 Å². The lowest BCUT2D eigenvalue weighted by atomic mass is 10.2. The average Bonchev–Trinajstić information content (AvgIpc) is 1.91. The number of hydrogen-bond donors (Lipinski definition) is 1. The highest BCUT2D eigenvalue weighted by Gasteiger charge is 2.10. The molecule has 0 atom stereocenters. The van der Waals surface area contributed by atoms with Crippen LogP contribution in [0, 0.1) is 0 Å². The Labute approximate surface area is 55.9 Å². The summed E-state index contributed by atoms with van der Waals surface area (Å²) in [6.07, 6.45) is 0. The quantitative estimate of drug-likeness (QED) is 0.355. The Balaban J connectivity index is 0.000000490. The van der Waals surface area contributed by atoms with Crippen molar-refractivity contribution in [2.45, 2.75) is 0 Å². The SMILES string of the molecule is C=C1C[NH2+]CC1=C.[Cl-]. The first kappa shape index (κ1) is 7.73. The molecule has 0 bridgehead atoms. The van der Waals surface area contributed by atoms with Gasteiger partial charge in [0, 0.05) is 11.1 Å². The summed E-state index contributed by atoms with van der Waals surface area (Å²) in [5.41, 5.74) is 2.42. The van der Waals surface area contributed by atoms with Crippen molar-refractivity contribution in [1.82, 2.24) is 0 Å². The van der Waals surface area contributed by atoms with Gasteiger partial charge in [0.05, 0.1) is 0 Å². The molecule has 1 heterocycles. The molecule has 2 heteroatoms. The van der Waals surface area contributed by atoms with E-state index in [0.29, 0.717) is 0 Å². The summed E-state index contributed by atoms with van der Waals surface area (Å²) in [6, 6.07) is 0. The first-order chi connectivity index (χ1) is 3.30. The van der Waals surface area contributed by atoms with Crippen LogP contribution >= 0.6 is 0 Å². The van der Waals surface area contributed by atoms with Gasteiger partial charge in [-0.3, -0.25) is 0 Å². The lowest BCUT2D eigenvalue weighted by Gasteiger charge is -1.81. The van der Waals surface area contributed by atoms with Crippen LogP contribution in [0.4, 0.5) is 0 Å². The monoisotopic (exact) mass is 131 g/mol. The van der Waals surface area contributed by atoms with Crippen LogP contribution in [0.2, 0.25) is 0 Å². The van der Waals surface area contributed by atoms with E-state index in [4.69, 9.17) is 0 Å². The van der Waals surface area contributed by atoms with Crippen LogP contribution in [0.15, 0.2) is 24.3 Å². The smallest absolute Gasteiger partial charge is 0.101 e. The lowest BCUT2D eigenvalue weighted by Crippen LogP contribution is -3.00. The molecule has 0 aromatic rings. The highest BCUT2D eigenvalue weighted by Crippen LogP contribution is 2.01. The van der Waals surface area contributed by atoms with Gasteiger partial charge in [0.15, 0.2) is 0 Å². The lowest BCUT2D eigenvalue weighted by molar-refractivity contribution is -0.628. The average molecular weight is 132 g/mol. The minimum absolute atomic E-state index is 0. The summed E-state index contributed by atoms with van der Waals surface area (Å²) < 4.78 is 0. The van der Waals surface area contributed by atoms with E-state index >= 15 is 0 Å². The summed E-state index contributed by atoms with van der Waals surface area (Å²) in [7, 11) is 0. The van der Waals surface area contributed by atoms with E-state index in [2.05, 4.69) is 18.5 Å². The van der Waals surface area contributed by atoms with Crippen LogP contribution in [-0.2, 0) is 0 Å². The molecule has 1 saturated heterocycles. The van der Waals surface area contributed by atoms with Crippen LogP contribution < -0.4 is 17.7 Å². The van der Waals surface area contributed by atoms with Gasteiger partial charge in [-0.05, 0) is 0 Å². The Kier molecular flexibility index (Phi) is 2.80. The van der Waals surface area contributed by atoms with Gasteiger partial charge >= 0.3 is 0 Å². The third-order valence-corrected chi connectivity index (χ3v) is 1.28. The summed E-state index contributed by atoms with van der Waals surface area (Å²) >= 11 is 0. The van der Waals surface area contributed by atoms with E-state index in [9.17, 15) is 0 Å². The van der Waals surface area contributed by atoms with Crippen molar-refractivity contribution >= 4 is 0 Å². The molecule has 0 aromatic heterocycles. The fourth-order valence-corrected chi connectivity index (χ4v) is 0.709. The molecule has 1 aliphatic heterocycles. The van der Waals surface area contributed by atoms with Gasteiger partial charge in [0.1, 0.15) is 13.1 Å². The molecule has 0 spiro atoms. The van der Waals surface area contributed by atoms with Crippen LogP contribution in [0.25, 0.3) is 0 Å². The summed E-state index contributed by atoms with van der Waals surface area (Å²) in [6.45, 7) is 9.72. The molecule has 1 aliphatic rings. The molecule has 46 valence electrons.